The van der Waals surface area contributed by atoms with Gasteiger partial charge in [-0.2, -0.15) is 0 Å². The van der Waals surface area contributed by atoms with Crippen molar-refractivity contribution < 1.29 is 23.4 Å². The molecule has 0 aliphatic heterocycles. The summed E-state index contributed by atoms with van der Waals surface area (Å²) in [6, 6.07) is 6.52. The van der Waals surface area contributed by atoms with E-state index in [4.69, 9.17) is 9.84 Å². The summed E-state index contributed by atoms with van der Waals surface area (Å²) in [7, 11) is 0. The second kappa shape index (κ2) is 5.58. The van der Waals surface area contributed by atoms with Gasteiger partial charge in [-0.1, -0.05) is 6.07 Å². The molecule has 0 atom stereocenters. The van der Waals surface area contributed by atoms with Gasteiger partial charge in [0.25, 0.3) is 0 Å². The highest BCUT2D eigenvalue weighted by Gasteiger charge is 2.17. The molecule has 0 amide bonds. The predicted molar refractivity (Wildman–Crippen MR) is 72.3 cm³/mol. The van der Waals surface area contributed by atoms with Gasteiger partial charge >= 0.3 is 5.97 Å². The summed E-state index contributed by atoms with van der Waals surface area (Å²) in [5, 5.41) is 8.85. The van der Waals surface area contributed by atoms with Gasteiger partial charge in [-0.15, -0.1) is 0 Å². The van der Waals surface area contributed by atoms with Crippen molar-refractivity contribution in [1.82, 2.24) is 0 Å². The first-order chi connectivity index (χ1) is 9.40. The lowest BCUT2D eigenvalue weighted by molar-refractivity contribution is 0.0695. The Morgan fingerprint density at radius 3 is 2.55 bits per heavy atom. The largest absolute Gasteiger partial charge is 0.478 e. The second-order valence-electron chi connectivity index (χ2n) is 4.06. The van der Waals surface area contributed by atoms with Crippen LogP contribution in [0, 0.1) is 18.6 Å². The zero-order valence-electron chi connectivity index (χ0n) is 10.3. The molecule has 0 saturated heterocycles. The van der Waals surface area contributed by atoms with E-state index >= 15 is 0 Å². The monoisotopic (exact) mass is 342 g/mol. The third-order valence-corrected chi connectivity index (χ3v) is 3.42. The molecule has 2 rings (SSSR count). The number of aromatic carboxylic acids is 1. The zero-order chi connectivity index (χ0) is 14.9. The molecule has 0 aromatic heterocycles. The Morgan fingerprint density at radius 1 is 1.25 bits per heavy atom. The van der Waals surface area contributed by atoms with Gasteiger partial charge in [-0.25, -0.2) is 13.6 Å². The molecule has 0 unspecified atom stereocenters. The van der Waals surface area contributed by atoms with Crippen molar-refractivity contribution in [3.05, 3.63) is 57.6 Å². The van der Waals surface area contributed by atoms with Crippen LogP contribution in [0.25, 0.3) is 0 Å². The standard InChI is InChI=1S/C14H9BrF2O3/c1-7-2-3-8(6-10(7)16)20-11-5-4-9(14(18)19)12(15)13(11)17/h2-6H,1H3,(H,18,19). The predicted octanol–water partition coefficient (Wildman–Crippen LogP) is 4.53. The molecule has 2 aromatic rings. The SMILES string of the molecule is Cc1ccc(Oc2ccc(C(=O)O)c(Br)c2F)cc1F. The Balaban J connectivity index is 2.37. The molecule has 0 aliphatic rings. The molecule has 0 bridgehead atoms. The van der Waals surface area contributed by atoms with E-state index in [1.165, 1.54) is 24.3 Å². The van der Waals surface area contributed by atoms with Gasteiger partial charge in [0, 0.05) is 6.07 Å². The average Bonchev–Trinajstić information content (AvgIpc) is 2.39. The maximum atomic E-state index is 14.0. The highest BCUT2D eigenvalue weighted by Crippen LogP contribution is 2.32. The summed E-state index contributed by atoms with van der Waals surface area (Å²) in [5.74, 6) is -2.65. The van der Waals surface area contributed by atoms with Gasteiger partial charge in [-0.3, -0.25) is 0 Å². The van der Waals surface area contributed by atoms with Gasteiger partial charge in [0.2, 0.25) is 0 Å². The number of carboxylic acids is 1. The van der Waals surface area contributed by atoms with E-state index in [9.17, 15) is 13.6 Å². The Kier molecular flexibility index (Phi) is 4.04. The Labute approximate surface area is 121 Å². The molecule has 1 N–H and O–H groups in total. The second-order valence-corrected chi connectivity index (χ2v) is 4.85. The number of hydrogen-bond donors (Lipinski definition) is 1. The van der Waals surface area contributed by atoms with Crippen molar-refractivity contribution in [3.63, 3.8) is 0 Å². The van der Waals surface area contributed by atoms with E-state index in [2.05, 4.69) is 15.9 Å². The van der Waals surface area contributed by atoms with Crippen molar-refractivity contribution in [1.29, 1.82) is 0 Å². The van der Waals surface area contributed by atoms with E-state index in [0.29, 0.717) is 5.56 Å². The van der Waals surface area contributed by atoms with E-state index < -0.39 is 17.6 Å². The summed E-state index contributed by atoms with van der Waals surface area (Å²) < 4.78 is 32.3. The van der Waals surface area contributed by atoms with Crippen LogP contribution in [0.4, 0.5) is 8.78 Å². The first-order valence-electron chi connectivity index (χ1n) is 5.55. The maximum absolute atomic E-state index is 14.0. The molecule has 0 radical (unpaired) electrons. The van der Waals surface area contributed by atoms with Gasteiger partial charge in [0.05, 0.1) is 10.0 Å². The van der Waals surface area contributed by atoms with Crippen LogP contribution in [-0.4, -0.2) is 11.1 Å². The molecule has 20 heavy (non-hydrogen) atoms. The highest BCUT2D eigenvalue weighted by atomic mass is 79.9. The summed E-state index contributed by atoms with van der Waals surface area (Å²) in [6.07, 6.45) is 0. The molecule has 3 nitrogen and oxygen atoms in total. The van der Waals surface area contributed by atoms with Crippen LogP contribution in [0.2, 0.25) is 0 Å². The highest BCUT2D eigenvalue weighted by molar-refractivity contribution is 9.10. The van der Waals surface area contributed by atoms with Crippen molar-refractivity contribution in [3.8, 4) is 11.5 Å². The van der Waals surface area contributed by atoms with Crippen LogP contribution >= 0.6 is 15.9 Å². The number of ether oxygens (including phenoxy) is 1. The number of rotatable bonds is 3. The number of halogens is 3. The quantitative estimate of drug-likeness (QED) is 0.891. The number of hydrogen-bond acceptors (Lipinski definition) is 2. The van der Waals surface area contributed by atoms with E-state index in [0.717, 1.165) is 6.07 Å². The molecule has 0 fully saturated rings. The van der Waals surface area contributed by atoms with Crippen molar-refractivity contribution in [2.24, 2.45) is 0 Å². The van der Waals surface area contributed by atoms with Crippen LogP contribution in [0.3, 0.4) is 0 Å². The van der Waals surface area contributed by atoms with Crippen LogP contribution in [-0.2, 0) is 0 Å². The van der Waals surface area contributed by atoms with Crippen LogP contribution in [0.15, 0.2) is 34.8 Å². The minimum absolute atomic E-state index is 0.127. The summed E-state index contributed by atoms with van der Waals surface area (Å²) in [5.41, 5.74) is 0.227. The van der Waals surface area contributed by atoms with Gasteiger partial charge in [-0.05, 0) is 46.6 Å². The molecule has 2 aromatic carbocycles. The van der Waals surface area contributed by atoms with Crippen LogP contribution in [0.5, 0.6) is 11.5 Å². The normalized spacial score (nSPS) is 10.4. The van der Waals surface area contributed by atoms with Gasteiger partial charge < -0.3 is 9.84 Å². The lowest BCUT2D eigenvalue weighted by atomic mass is 10.2. The molecule has 0 saturated carbocycles. The minimum Gasteiger partial charge on any atom is -0.478 e. The van der Waals surface area contributed by atoms with Gasteiger partial charge in [0.1, 0.15) is 11.6 Å². The summed E-state index contributed by atoms with van der Waals surface area (Å²) >= 11 is 2.86. The van der Waals surface area contributed by atoms with E-state index in [-0.39, 0.29) is 21.5 Å². The number of benzene rings is 2. The van der Waals surface area contributed by atoms with E-state index in [1.54, 1.807) is 6.92 Å². The lowest BCUT2D eigenvalue weighted by Crippen LogP contribution is -2.00. The van der Waals surface area contributed by atoms with Crippen molar-refractivity contribution >= 4 is 21.9 Å². The third kappa shape index (κ3) is 2.80. The zero-order valence-corrected chi connectivity index (χ0v) is 11.9. The molecular formula is C14H9BrF2O3. The fourth-order valence-electron chi connectivity index (χ4n) is 1.54. The van der Waals surface area contributed by atoms with Crippen LogP contribution < -0.4 is 4.74 Å². The number of carbonyl (C=O) groups is 1. The van der Waals surface area contributed by atoms with E-state index in [1.807, 2.05) is 0 Å². The maximum Gasteiger partial charge on any atom is 0.336 e. The molecule has 0 aliphatic carbocycles. The first kappa shape index (κ1) is 14.5. The Bertz CT molecular complexity index is 686. The fourth-order valence-corrected chi connectivity index (χ4v) is 2.04. The third-order valence-electron chi connectivity index (χ3n) is 2.65. The average molecular weight is 343 g/mol. The van der Waals surface area contributed by atoms with Gasteiger partial charge in [0.15, 0.2) is 11.6 Å². The molecular weight excluding hydrogens is 334 g/mol. The Hall–Kier alpha value is -1.95. The smallest absolute Gasteiger partial charge is 0.336 e. The summed E-state index contributed by atoms with van der Waals surface area (Å²) in [4.78, 5) is 10.8. The number of aryl methyl sites for hydroxylation is 1. The molecule has 0 spiro atoms. The number of carboxylic acid groups (broad SMARTS) is 1. The summed E-state index contributed by atoms with van der Waals surface area (Å²) in [6.45, 7) is 1.60. The topological polar surface area (TPSA) is 46.5 Å². The first-order valence-corrected chi connectivity index (χ1v) is 6.34. The lowest BCUT2D eigenvalue weighted by Gasteiger charge is -2.10. The minimum atomic E-state index is -1.26. The molecule has 6 heteroatoms. The fraction of sp³-hybridized carbons (Fsp3) is 0.0714. The van der Waals surface area contributed by atoms with Crippen molar-refractivity contribution in [2.45, 2.75) is 6.92 Å². The Morgan fingerprint density at radius 2 is 1.95 bits per heavy atom. The molecule has 0 heterocycles. The van der Waals surface area contributed by atoms with Crippen molar-refractivity contribution in [2.75, 3.05) is 0 Å². The molecule has 104 valence electrons. The van der Waals surface area contributed by atoms with Crippen LogP contribution in [0.1, 0.15) is 15.9 Å².